The van der Waals surface area contributed by atoms with Gasteiger partial charge in [-0.15, -0.1) is 0 Å². The normalized spacial score (nSPS) is 11.0. The second-order valence-electron chi connectivity index (χ2n) is 7.44. The molecule has 0 heterocycles. The van der Waals surface area contributed by atoms with E-state index in [-0.39, 0.29) is 6.61 Å². The molecule has 0 saturated carbocycles. The molecule has 0 bridgehead atoms. The summed E-state index contributed by atoms with van der Waals surface area (Å²) in [6.45, 7) is 5.04. The predicted octanol–water partition coefficient (Wildman–Crippen LogP) is 4.24. The predicted molar refractivity (Wildman–Crippen MR) is 118 cm³/mol. The molecule has 8 heteroatoms. The molecule has 2 aromatic carbocycles. The van der Waals surface area contributed by atoms with E-state index in [1.165, 1.54) is 13.2 Å². The zero-order chi connectivity index (χ0) is 22.9. The fourth-order valence-corrected chi connectivity index (χ4v) is 2.39. The summed E-state index contributed by atoms with van der Waals surface area (Å²) in [4.78, 5) is 35.5. The van der Waals surface area contributed by atoms with Crippen LogP contribution in [0.15, 0.2) is 54.6 Å². The number of carbonyl (C=O) groups is 3. The smallest absolute Gasteiger partial charge is 0.412 e. The minimum Gasteiger partial charge on any atom is -0.484 e. The first-order valence-electron chi connectivity index (χ1n) is 9.54. The Labute approximate surface area is 181 Å². The molecule has 0 atom stereocenters. The number of ether oxygens (including phenoxy) is 3. The third kappa shape index (κ3) is 8.61. The van der Waals surface area contributed by atoms with Crippen molar-refractivity contribution in [2.24, 2.45) is 0 Å². The molecular weight excluding hydrogens is 400 g/mol. The van der Waals surface area contributed by atoms with Gasteiger partial charge in [-0.1, -0.05) is 24.3 Å². The summed E-state index contributed by atoms with van der Waals surface area (Å²) < 4.78 is 15.3. The maximum Gasteiger partial charge on any atom is 0.412 e. The molecule has 0 aliphatic heterocycles. The van der Waals surface area contributed by atoms with Gasteiger partial charge in [0, 0.05) is 6.08 Å². The van der Waals surface area contributed by atoms with Gasteiger partial charge in [0.15, 0.2) is 6.61 Å². The van der Waals surface area contributed by atoms with Crippen molar-refractivity contribution in [1.82, 2.24) is 0 Å². The van der Waals surface area contributed by atoms with E-state index in [9.17, 15) is 14.4 Å². The van der Waals surface area contributed by atoms with Gasteiger partial charge in [0.1, 0.15) is 11.4 Å². The van der Waals surface area contributed by atoms with Crippen LogP contribution >= 0.6 is 0 Å². The van der Waals surface area contributed by atoms with Crippen molar-refractivity contribution in [2.75, 3.05) is 24.4 Å². The van der Waals surface area contributed by atoms with E-state index in [1.54, 1.807) is 75.4 Å². The zero-order valence-corrected chi connectivity index (χ0v) is 17.9. The number of nitrogens with one attached hydrogen (secondary N) is 2. The Morgan fingerprint density at radius 2 is 1.65 bits per heavy atom. The lowest BCUT2D eigenvalue weighted by atomic mass is 10.2. The Morgan fingerprint density at radius 1 is 0.968 bits per heavy atom. The quantitative estimate of drug-likeness (QED) is 0.507. The molecule has 2 N–H and O–H groups in total. The number of benzene rings is 2. The van der Waals surface area contributed by atoms with E-state index < -0.39 is 23.6 Å². The van der Waals surface area contributed by atoms with Gasteiger partial charge in [-0.2, -0.15) is 0 Å². The molecule has 8 nitrogen and oxygen atoms in total. The average molecular weight is 426 g/mol. The molecule has 31 heavy (non-hydrogen) atoms. The van der Waals surface area contributed by atoms with Gasteiger partial charge < -0.3 is 19.5 Å². The lowest BCUT2D eigenvalue weighted by molar-refractivity contribution is -0.134. The van der Waals surface area contributed by atoms with Gasteiger partial charge in [-0.25, -0.2) is 9.59 Å². The Hall–Kier alpha value is -3.81. The maximum atomic E-state index is 12.3. The molecule has 0 aromatic heterocycles. The van der Waals surface area contributed by atoms with E-state index in [0.717, 1.165) is 5.56 Å². The summed E-state index contributed by atoms with van der Waals surface area (Å²) in [6.07, 6.45) is 2.25. The Kier molecular flexibility index (Phi) is 8.19. The molecule has 0 unspecified atom stereocenters. The monoisotopic (exact) mass is 426 g/mol. The SMILES string of the molecule is COC(=O)C=Cc1cccc(OCC(=O)Nc2ccccc2NC(=O)OC(C)(C)C)c1. The van der Waals surface area contributed by atoms with Gasteiger partial charge in [-0.05, 0) is 56.7 Å². The molecule has 0 aliphatic carbocycles. The third-order valence-electron chi connectivity index (χ3n) is 3.68. The fourth-order valence-electron chi connectivity index (χ4n) is 2.39. The largest absolute Gasteiger partial charge is 0.484 e. The van der Waals surface area contributed by atoms with E-state index in [2.05, 4.69) is 15.4 Å². The standard InChI is InChI=1S/C23H26N2O6/c1-23(2,3)31-22(28)25-19-11-6-5-10-18(19)24-20(26)15-30-17-9-7-8-16(14-17)12-13-21(27)29-4/h5-14H,15H2,1-4H3,(H,24,26)(H,25,28). The Bertz CT molecular complexity index is 963. The van der Waals surface area contributed by atoms with Crippen LogP contribution in [0.25, 0.3) is 6.08 Å². The van der Waals surface area contributed by atoms with Crippen molar-refractivity contribution < 1.29 is 28.6 Å². The molecule has 2 amide bonds. The Morgan fingerprint density at radius 3 is 2.29 bits per heavy atom. The lowest BCUT2D eigenvalue weighted by Crippen LogP contribution is -2.28. The van der Waals surface area contributed by atoms with Crippen LogP contribution in [0.5, 0.6) is 5.75 Å². The molecule has 0 spiro atoms. The summed E-state index contributed by atoms with van der Waals surface area (Å²) in [5.41, 5.74) is 0.892. The third-order valence-corrected chi connectivity index (χ3v) is 3.68. The van der Waals surface area contributed by atoms with Gasteiger partial charge in [0.05, 0.1) is 18.5 Å². The van der Waals surface area contributed by atoms with Crippen LogP contribution in [0, 0.1) is 0 Å². The van der Waals surface area contributed by atoms with E-state index in [1.807, 2.05) is 0 Å². The molecular formula is C23H26N2O6. The Balaban J connectivity index is 1.96. The van der Waals surface area contributed by atoms with Crippen LogP contribution in [-0.4, -0.2) is 37.3 Å². The summed E-state index contributed by atoms with van der Waals surface area (Å²) in [6, 6.07) is 13.7. The lowest BCUT2D eigenvalue weighted by Gasteiger charge is -2.20. The maximum absolute atomic E-state index is 12.3. The summed E-state index contributed by atoms with van der Waals surface area (Å²) in [5, 5.41) is 5.32. The van der Waals surface area contributed by atoms with Crippen LogP contribution in [0.4, 0.5) is 16.2 Å². The van der Waals surface area contributed by atoms with Gasteiger partial charge in [0.25, 0.3) is 5.91 Å². The number of hydrogen-bond acceptors (Lipinski definition) is 6. The summed E-state index contributed by atoms with van der Waals surface area (Å²) in [7, 11) is 1.30. The van der Waals surface area contributed by atoms with Crippen molar-refractivity contribution in [3.05, 3.63) is 60.2 Å². The van der Waals surface area contributed by atoms with Crippen molar-refractivity contribution in [1.29, 1.82) is 0 Å². The minimum atomic E-state index is -0.642. The molecule has 0 fully saturated rings. The van der Waals surface area contributed by atoms with E-state index in [0.29, 0.717) is 17.1 Å². The molecule has 0 saturated heterocycles. The topological polar surface area (TPSA) is 103 Å². The number of hydrogen-bond donors (Lipinski definition) is 2. The highest BCUT2D eigenvalue weighted by atomic mass is 16.6. The van der Waals surface area contributed by atoms with Crippen molar-refractivity contribution >= 4 is 35.4 Å². The molecule has 0 aliphatic rings. The highest BCUT2D eigenvalue weighted by Crippen LogP contribution is 2.22. The number of para-hydroxylation sites is 2. The number of rotatable bonds is 7. The van der Waals surface area contributed by atoms with Crippen LogP contribution in [0.1, 0.15) is 26.3 Å². The van der Waals surface area contributed by atoms with Crippen LogP contribution in [0.3, 0.4) is 0 Å². The van der Waals surface area contributed by atoms with E-state index >= 15 is 0 Å². The first kappa shape index (κ1) is 23.5. The number of anilines is 2. The second kappa shape index (κ2) is 10.8. The molecule has 2 rings (SSSR count). The van der Waals surface area contributed by atoms with E-state index in [4.69, 9.17) is 9.47 Å². The van der Waals surface area contributed by atoms with Crippen LogP contribution < -0.4 is 15.4 Å². The zero-order valence-electron chi connectivity index (χ0n) is 17.9. The number of carbonyl (C=O) groups excluding carboxylic acids is 3. The van der Waals surface area contributed by atoms with Crippen LogP contribution in [-0.2, 0) is 19.1 Å². The summed E-state index contributed by atoms with van der Waals surface area (Å²) in [5.74, 6) is -0.416. The summed E-state index contributed by atoms with van der Waals surface area (Å²) >= 11 is 0. The number of methoxy groups -OCH3 is 1. The average Bonchev–Trinajstić information content (AvgIpc) is 2.71. The first-order chi connectivity index (χ1) is 14.7. The molecule has 0 radical (unpaired) electrons. The molecule has 164 valence electrons. The van der Waals surface area contributed by atoms with Crippen molar-refractivity contribution in [2.45, 2.75) is 26.4 Å². The van der Waals surface area contributed by atoms with Gasteiger partial charge in [0.2, 0.25) is 0 Å². The first-order valence-corrected chi connectivity index (χ1v) is 9.54. The number of amides is 2. The highest BCUT2D eigenvalue weighted by molar-refractivity contribution is 5.98. The van der Waals surface area contributed by atoms with Crippen molar-refractivity contribution in [3.8, 4) is 5.75 Å². The highest BCUT2D eigenvalue weighted by Gasteiger charge is 2.17. The minimum absolute atomic E-state index is 0.245. The van der Waals surface area contributed by atoms with Crippen LogP contribution in [0.2, 0.25) is 0 Å². The van der Waals surface area contributed by atoms with Gasteiger partial charge in [-0.3, -0.25) is 10.1 Å². The molecule has 2 aromatic rings. The number of esters is 1. The van der Waals surface area contributed by atoms with Gasteiger partial charge >= 0.3 is 12.1 Å². The fraction of sp³-hybridized carbons (Fsp3) is 0.261. The second-order valence-corrected chi connectivity index (χ2v) is 7.44. The van der Waals surface area contributed by atoms with Crippen molar-refractivity contribution in [3.63, 3.8) is 0 Å².